The normalized spacial score (nSPS) is 53.2. The number of aliphatic hydroxyl groups excluding tert-OH is 17. The molecule has 26 nitrogen and oxygen atoms in total. The Balaban J connectivity index is 1.34. The summed E-state index contributed by atoms with van der Waals surface area (Å²) >= 11 is 0. The Hall–Kier alpha value is -1.04. The van der Waals surface area contributed by atoms with Gasteiger partial charge in [-0.1, -0.05) is 0 Å². The van der Waals surface area contributed by atoms with E-state index in [2.05, 4.69) is 0 Å². The molecule has 25 atom stereocenters. The van der Waals surface area contributed by atoms with Crippen molar-refractivity contribution in [3.63, 3.8) is 0 Å². The quantitative estimate of drug-likeness (QED) is 0.0819. The molecule has 0 spiro atoms. The van der Waals surface area contributed by atoms with E-state index in [0.717, 1.165) is 0 Å². The molecule has 5 fully saturated rings. The van der Waals surface area contributed by atoms with Crippen LogP contribution >= 0.6 is 0 Å². The van der Waals surface area contributed by atoms with E-state index in [1.165, 1.54) is 0 Å². The Labute approximate surface area is 316 Å². The second-order valence-corrected chi connectivity index (χ2v) is 13.9. The van der Waals surface area contributed by atoms with Crippen LogP contribution in [-0.4, -0.2) is 273 Å². The van der Waals surface area contributed by atoms with E-state index in [-0.39, 0.29) is 0 Å². The predicted octanol–water partition coefficient (Wildman–Crippen LogP) is -11.9. The highest BCUT2D eigenvalue weighted by molar-refractivity contribution is 4.99. The van der Waals surface area contributed by atoms with Gasteiger partial charge in [-0.3, -0.25) is 0 Å². The first-order valence-electron chi connectivity index (χ1n) is 17.6. The van der Waals surface area contributed by atoms with E-state index in [9.17, 15) is 86.8 Å². The molecule has 5 aliphatic heterocycles. The summed E-state index contributed by atoms with van der Waals surface area (Å²) in [6.07, 6.45) is -47.2. The summed E-state index contributed by atoms with van der Waals surface area (Å²) in [4.78, 5) is 0. The summed E-state index contributed by atoms with van der Waals surface area (Å²) < 4.78 is 48.9. The highest BCUT2D eigenvalue weighted by Crippen LogP contribution is 2.35. The lowest BCUT2D eigenvalue weighted by Gasteiger charge is -2.49. The third-order valence-corrected chi connectivity index (χ3v) is 10.3. The van der Waals surface area contributed by atoms with Crippen LogP contribution in [0.2, 0.25) is 0 Å². The SMILES string of the molecule is OC[C@H]1O[C@H](O[C@@H]2[C@@H](O)[C@H](O[C@@H]3[C@@H](O)[C@@H](O[C@@H]4[C@@H](O)[C@@H](O[C@H]5[C@H](O)[C@@H](CO)OC(O)[C@@H]5O)O[C@H](CO)[C@H]4O)O[C@H](CO)[C@H]3O)O[C@H](CO)[C@H]2O)[C@H](O)[C@@H](O)[C@@H]1O. The van der Waals surface area contributed by atoms with Crippen LogP contribution in [-0.2, 0) is 42.6 Å². The third kappa shape index (κ3) is 9.16. The molecule has 17 N–H and O–H groups in total. The maximum atomic E-state index is 11.4. The summed E-state index contributed by atoms with van der Waals surface area (Å²) in [6.45, 7) is -4.58. The van der Waals surface area contributed by atoms with E-state index in [1.54, 1.807) is 0 Å². The Bertz CT molecular complexity index is 1210. The number of hydrogen-bond acceptors (Lipinski definition) is 26. The van der Waals surface area contributed by atoms with Gasteiger partial charge in [-0.05, 0) is 0 Å². The molecule has 1 unspecified atom stereocenters. The first-order valence-corrected chi connectivity index (χ1v) is 17.6. The molecule has 0 saturated carbocycles. The van der Waals surface area contributed by atoms with Gasteiger partial charge in [0, 0.05) is 0 Å². The monoisotopic (exact) mass is 828 g/mol. The smallest absolute Gasteiger partial charge is 0.187 e. The zero-order valence-corrected chi connectivity index (χ0v) is 29.2. The highest BCUT2D eigenvalue weighted by atomic mass is 16.8. The maximum absolute atomic E-state index is 11.4. The van der Waals surface area contributed by atoms with Crippen LogP contribution in [0.3, 0.4) is 0 Å². The topological polar surface area (TPSA) is 427 Å². The first kappa shape index (κ1) is 46.0. The second-order valence-electron chi connectivity index (χ2n) is 13.9. The minimum absolute atomic E-state index is 0.837. The van der Waals surface area contributed by atoms with Gasteiger partial charge in [0.1, 0.15) is 122 Å². The van der Waals surface area contributed by atoms with Crippen LogP contribution in [0.25, 0.3) is 0 Å². The molecule has 0 aromatic rings. The fraction of sp³-hybridized carbons (Fsp3) is 1.00. The van der Waals surface area contributed by atoms with Gasteiger partial charge >= 0.3 is 0 Å². The lowest BCUT2D eigenvalue weighted by molar-refractivity contribution is -0.395. The molecule has 0 amide bonds. The van der Waals surface area contributed by atoms with Gasteiger partial charge in [0.25, 0.3) is 0 Å². The molecule has 0 aliphatic carbocycles. The minimum atomic E-state index is -2.18. The summed E-state index contributed by atoms with van der Waals surface area (Å²) in [5, 5.41) is 177. The first-order chi connectivity index (χ1) is 26.5. The third-order valence-electron chi connectivity index (χ3n) is 10.3. The Morgan fingerprint density at radius 2 is 0.518 bits per heavy atom. The highest BCUT2D eigenvalue weighted by Gasteiger charge is 2.56. The van der Waals surface area contributed by atoms with Crippen molar-refractivity contribution >= 4 is 0 Å². The molecular weight excluding hydrogens is 776 g/mol. The minimum Gasteiger partial charge on any atom is -0.394 e. The zero-order chi connectivity index (χ0) is 41.3. The average molecular weight is 829 g/mol. The standard InChI is InChI=1S/C30H52O26/c31-1-6-11(36)16(41)17(42)27(49-6)54-23-13(38)8(3-33)51-29(19(23)44)56-25-15(40)10(5-35)52-30(21(25)46)55-24-14(39)9(4-34)50-28(20(24)45)53-22-12(37)7(2-32)48-26(47)18(22)43/h6-47H,1-5H2/t6-,7-,8-,9-,10-,11-,12-,13-,14-,15-,16+,17-,18-,19-,20-,21-,22+,23+,24+,25+,26?,27-,28-,29+,30-/m1/s1. The Morgan fingerprint density at radius 3 is 0.821 bits per heavy atom. The van der Waals surface area contributed by atoms with Crippen LogP contribution in [0, 0.1) is 0 Å². The van der Waals surface area contributed by atoms with Gasteiger partial charge in [-0.25, -0.2) is 0 Å². The molecule has 5 rings (SSSR count). The van der Waals surface area contributed by atoms with E-state index >= 15 is 0 Å². The lowest BCUT2D eigenvalue weighted by Crippen LogP contribution is -2.68. The number of ether oxygens (including phenoxy) is 9. The molecular formula is C30H52O26. The number of rotatable bonds is 13. The van der Waals surface area contributed by atoms with E-state index in [4.69, 9.17) is 42.6 Å². The van der Waals surface area contributed by atoms with Crippen molar-refractivity contribution in [1.82, 2.24) is 0 Å². The van der Waals surface area contributed by atoms with E-state index in [0.29, 0.717) is 0 Å². The van der Waals surface area contributed by atoms with Gasteiger partial charge in [-0.2, -0.15) is 0 Å². The number of aliphatic hydroxyl groups is 17. The molecule has 5 heterocycles. The van der Waals surface area contributed by atoms with Crippen LogP contribution in [0.1, 0.15) is 0 Å². The maximum Gasteiger partial charge on any atom is 0.187 e. The fourth-order valence-electron chi connectivity index (χ4n) is 7.01. The fourth-order valence-corrected chi connectivity index (χ4v) is 7.01. The van der Waals surface area contributed by atoms with Crippen molar-refractivity contribution in [2.24, 2.45) is 0 Å². The van der Waals surface area contributed by atoms with Crippen molar-refractivity contribution in [3.05, 3.63) is 0 Å². The molecule has 56 heavy (non-hydrogen) atoms. The van der Waals surface area contributed by atoms with Crippen LogP contribution in [0.15, 0.2) is 0 Å². The molecule has 0 radical (unpaired) electrons. The van der Waals surface area contributed by atoms with Crippen molar-refractivity contribution < 1.29 is 129 Å². The van der Waals surface area contributed by atoms with E-state index in [1.807, 2.05) is 0 Å². The molecule has 5 saturated heterocycles. The van der Waals surface area contributed by atoms with Gasteiger partial charge in [-0.15, -0.1) is 0 Å². The van der Waals surface area contributed by atoms with Crippen LogP contribution < -0.4 is 0 Å². The van der Waals surface area contributed by atoms with E-state index < -0.39 is 187 Å². The predicted molar refractivity (Wildman–Crippen MR) is 167 cm³/mol. The van der Waals surface area contributed by atoms with Crippen molar-refractivity contribution in [2.75, 3.05) is 33.0 Å². The van der Waals surface area contributed by atoms with Gasteiger partial charge < -0.3 is 129 Å². The van der Waals surface area contributed by atoms with Gasteiger partial charge in [0.05, 0.1) is 33.0 Å². The molecule has 5 aliphatic rings. The average Bonchev–Trinajstić information content (AvgIpc) is 3.18. The lowest BCUT2D eigenvalue weighted by atomic mass is 9.95. The van der Waals surface area contributed by atoms with Crippen LogP contribution in [0.4, 0.5) is 0 Å². The Morgan fingerprint density at radius 1 is 0.268 bits per heavy atom. The molecule has 0 bridgehead atoms. The van der Waals surface area contributed by atoms with Crippen LogP contribution in [0.5, 0.6) is 0 Å². The summed E-state index contributed by atoms with van der Waals surface area (Å²) in [7, 11) is 0. The van der Waals surface area contributed by atoms with Gasteiger partial charge in [0.15, 0.2) is 31.5 Å². The summed E-state index contributed by atoms with van der Waals surface area (Å²) in [5.74, 6) is 0. The van der Waals surface area contributed by atoms with Crippen molar-refractivity contribution in [2.45, 2.75) is 154 Å². The molecule has 0 aromatic heterocycles. The molecule has 26 heteroatoms. The second kappa shape index (κ2) is 19.6. The molecule has 328 valence electrons. The number of hydrogen-bond donors (Lipinski definition) is 17. The van der Waals surface area contributed by atoms with Crippen molar-refractivity contribution in [1.29, 1.82) is 0 Å². The summed E-state index contributed by atoms with van der Waals surface area (Å²) in [6, 6.07) is 0. The van der Waals surface area contributed by atoms with Gasteiger partial charge in [0.2, 0.25) is 0 Å². The molecule has 0 aromatic carbocycles. The van der Waals surface area contributed by atoms with Crippen molar-refractivity contribution in [3.8, 4) is 0 Å². The summed E-state index contributed by atoms with van der Waals surface area (Å²) in [5.41, 5.74) is 0. The zero-order valence-electron chi connectivity index (χ0n) is 29.2. The largest absolute Gasteiger partial charge is 0.394 e. The Kier molecular flexibility index (Phi) is 16.1.